The fourth-order valence-electron chi connectivity index (χ4n) is 3.86. The van der Waals surface area contributed by atoms with Gasteiger partial charge in [0.15, 0.2) is 0 Å². The van der Waals surface area contributed by atoms with E-state index in [0.29, 0.717) is 30.9 Å². The number of nitrogens with one attached hydrogen (secondary N) is 2. The van der Waals surface area contributed by atoms with Gasteiger partial charge in [0.2, 0.25) is 5.91 Å². The van der Waals surface area contributed by atoms with Crippen LogP contribution in [0.1, 0.15) is 63.2 Å². The van der Waals surface area contributed by atoms with E-state index in [1.807, 2.05) is 82.3 Å². The summed E-state index contributed by atoms with van der Waals surface area (Å²) in [5.41, 5.74) is 2.54. The van der Waals surface area contributed by atoms with E-state index in [2.05, 4.69) is 15.6 Å². The molecule has 0 aliphatic carbocycles. The highest BCUT2D eigenvalue weighted by atomic mass is 16.3. The van der Waals surface area contributed by atoms with E-state index in [1.165, 1.54) is 16.8 Å². The predicted molar refractivity (Wildman–Crippen MR) is 142 cm³/mol. The minimum absolute atomic E-state index is 0.192. The Labute approximate surface area is 208 Å². The number of aliphatic hydroxyl groups is 1. The molecule has 1 aliphatic rings. The molecule has 4 rings (SSSR count). The first-order chi connectivity index (χ1) is 17.1. The number of carbonyl (C=O) groups excluding carboxylic acids is 1. The molecule has 1 amide bonds. The SMILES string of the molecule is CC.CC.O=C(Nc1ccc(CCNCC(O)c2ccccc2)cc1)C1CCc2nccc(=O)n21. The lowest BCUT2D eigenvalue weighted by molar-refractivity contribution is -0.119. The number of hydrogen-bond acceptors (Lipinski definition) is 5. The number of rotatable bonds is 8. The molecule has 0 saturated heterocycles. The molecule has 2 heterocycles. The number of aliphatic hydroxyl groups excluding tert-OH is 1. The zero-order chi connectivity index (χ0) is 25.6. The fraction of sp³-hybridized carbons (Fsp3) is 0.393. The van der Waals surface area contributed by atoms with Crippen molar-refractivity contribution in [2.45, 2.75) is 59.1 Å². The molecule has 2 aromatic carbocycles. The van der Waals surface area contributed by atoms with Crippen molar-refractivity contribution in [2.75, 3.05) is 18.4 Å². The molecule has 0 saturated carbocycles. The molecule has 2 atom stereocenters. The Kier molecular flexibility index (Phi) is 11.9. The molecular weight excluding hydrogens is 440 g/mol. The number of fused-ring (bicyclic) bond motifs is 1. The third kappa shape index (κ3) is 7.87. The van der Waals surface area contributed by atoms with E-state index in [9.17, 15) is 14.7 Å². The van der Waals surface area contributed by atoms with Crippen molar-refractivity contribution in [3.8, 4) is 0 Å². The number of aryl methyl sites for hydroxylation is 1. The summed E-state index contributed by atoms with van der Waals surface area (Å²) in [6, 6.07) is 18.1. The molecule has 0 radical (unpaired) electrons. The molecule has 7 heteroatoms. The summed E-state index contributed by atoms with van der Waals surface area (Å²) in [6.07, 6.45) is 2.98. The Morgan fingerprint density at radius 3 is 2.43 bits per heavy atom. The monoisotopic (exact) mass is 478 g/mol. The number of anilines is 1. The molecule has 2 unspecified atom stereocenters. The third-order valence-corrected chi connectivity index (χ3v) is 5.55. The van der Waals surface area contributed by atoms with Gasteiger partial charge in [-0.25, -0.2) is 4.98 Å². The Morgan fingerprint density at radius 1 is 1.06 bits per heavy atom. The second-order valence-electron chi connectivity index (χ2n) is 7.69. The normalized spacial score (nSPS) is 14.5. The Bertz CT molecular complexity index is 1080. The van der Waals surface area contributed by atoms with Gasteiger partial charge in [-0.05, 0) is 42.6 Å². The minimum atomic E-state index is -0.526. The maximum Gasteiger partial charge on any atom is 0.254 e. The lowest BCUT2D eigenvalue weighted by Crippen LogP contribution is -2.31. The van der Waals surface area contributed by atoms with Gasteiger partial charge < -0.3 is 15.7 Å². The van der Waals surface area contributed by atoms with Crippen LogP contribution in [0, 0.1) is 0 Å². The quantitative estimate of drug-likeness (QED) is 0.420. The van der Waals surface area contributed by atoms with Crippen LogP contribution in [-0.4, -0.2) is 33.7 Å². The summed E-state index contributed by atoms with van der Waals surface area (Å²) in [5.74, 6) is 0.464. The van der Waals surface area contributed by atoms with Gasteiger partial charge in [-0.2, -0.15) is 0 Å². The smallest absolute Gasteiger partial charge is 0.254 e. The first kappa shape index (κ1) is 28.0. The molecule has 0 fully saturated rings. The second-order valence-corrected chi connectivity index (χ2v) is 7.69. The molecule has 3 N–H and O–H groups in total. The van der Waals surface area contributed by atoms with Crippen LogP contribution in [0.5, 0.6) is 0 Å². The van der Waals surface area contributed by atoms with Crippen molar-refractivity contribution in [2.24, 2.45) is 0 Å². The minimum Gasteiger partial charge on any atom is -0.387 e. The predicted octanol–water partition coefficient (Wildman–Crippen LogP) is 4.29. The fourth-order valence-corrected chi connectivity index (χ4v) is 3.86. The molecule has 7 nitrogen and oxygen atoms in total. The lowest BCUT2D eigenvalue weighted by atomic mass is 10.1. The van der Waals surface area contributed by atoms with Crippen LogP contribution in [0.25, 0.3) is 0 Å². The third-order valence-electron chi connectivity index (χ3n) is 5.55. The van der Waals surface area contributed by atoms with Crippen molar-refractivity contribution in [3.05, 3.63) is 94.2 Å². The first-order valence-corrected chi connectivity index (χ1v) is 12.5. The number of nitrogens with zero attached hydrogens (tertiary/aromatic N) is 2. The van der Waals surface area contributed by atoms with E-state index >= 15 is 0 Å². The van der Waals surface area contributed by atoms with Gasteiger partial charge in [-0.15, -0.1) is 0 Å². The molecule has 0 bridgehead atoms. The molecule has 1 aliphatic heterocycles. The number of carbonyl (C=O) groups is 1. The molecular formula is C28H38N4O3. The van der Waals surface area contributed by atoms with Gasteiger partial charge in [0.25, 0.3) is 5.56 Å². The second kappa shape index (κ2) is 14.9. The topological polar surface area (TPSA) is 96.2 Å². The van der Waals surface area contributed by atoms with Gasteiger partial charge in [-0.1, -0.05) is 70.2 Å². The van der Waals surface area contributed by atoms with Crippen LogP contribution in [-0.2, 0) is 17.6 Å². The first-order valence-electron chi connectivity index (χ1n) is 12.5. The number of benzene rings is 2. The summed E-state index contributed by atoms with van der Waals surface area (Å²) < 4.78 is 1.49. The zero-order valence-electron chi connectivity index (χ0n) is 21.2. The summed E-state index contributed by atoms with van der Waals surface area (Å²) in [4.78, 5) is 29.0. The van der Waals surface area contributed by atoms with Crippen molar-refractivity contribution >= 4 is 11.6 Å². The molecule has 1 aromatic heterocycles. The van der Waals surface area contributed by atoms with Crippen molar-refractivity contribution in [3.63, 3.8) is 0 Å². The molecule has 3 aromatic rings. The average molecular weight is 479 g/mol. The van der Waals surface area contributed by atoms with Crippen LogP contribution in [0.2, 0.25) is 0 Å². The van der Waals surface area contributed by atoms with Crippen molar-refractivity contribution < 1.29 is 9.90 Å². The maximum absolute atomic E-state index is 12.7. The van der Waals surface area contributed by atoms with Gasteiger partial charge in [0, 0.05) is 30.9 Å². The van der Waals surface area contributed by atoms with E-state index < -0.39 is 12.1 Å². The maximum atomic E-state index is 12.7. The summed E-state index contributed by atoms with van der Waals surface area (Å²) in [5, 5.41) is 16.4. The lowest BCUT2D eigenvalue weighted by Gasteiger charge is -2.14. The van der Waals surface area contributed by atoms with E-state index in [0.717, 1.165) is 24.1 Å². The largest absolute Gasteiger partial charge is 0.387 e. The zero-order valence-corrected chi connectivity index (χ0v) is 21.2. The Morgan fingerprint density at radius 2 is 1.74 bits per heavy atom. The highest BCUT2D eigenvalue weighted by Crippen LogP contribution is 2.23. The van der Waals surface area contributed by atoms with Crippen LogP contribution < -0.4 is 16.2 Å². The summed E-state index contributed by atoms with van der Waals surface area (Å²) >= 11 is 0. The van der Waals surface area contributed by atoms with Gasteiger partial charge in [-0.3, -0.25) is 14.2 Å². The molecule has 35 heavy (non-hydrogen) atoms. The van der Waals surface area contributed by atoms with E-state index in [-0.39, 0.29) is 11.5 Å². The van der Waals surface area contributed by atoms with E-state index in [4.69, 9.17) is 0 Å². The van der Waals surface area contributed by atoms with Gasteiger partial charge in [0.1, 0.15) is 11.9 Å². The Hall–Kier alpha value is -3.29. The molecule has 0 spiro atoms. The number of amides is 1. The van der Waals surface area contributed by atoms with Crippen LogP contribution in [0.15, 0.2) is 71.7 Å². The van der Waals surface area contributed by atoms with Crippen LogP contribution in [0.4, 0.5) is 5.69 Å². The number of aromatic nitrogens is 2. The van der Waals surface area contributed by atoms with Crippen LogP contribution in [0.3, 0.4) is 0 Å². The van der Waals surface area contributed by atoms with Crippen molar-refractivity contribution in [1.82, 2.24) is 14.9 Å². The highest BCUT2D eigenvalue weighted by molar-refractivity contribution is 5.94. The summed E-state index contributed by atoms with van der Waals surface area (Å²) in [7, 11) is 0. The highest BCUT2D eigenvalue weighted by Gasteiger charge is 2.29. The van der Waals surface area contributed by atoms with Crippen molar-refractivity contribution in [1.29, 1.82) is 0 Å². The van der Waals surface area contributed by atoms with Crippen LogP contribution >= 0.6 is 0 Å². The summed E-state index contributed by atoms with van der Waals surface area (Å²) in [6.45, 7) is 9.24. The average Bonchev–Trinajstić information content (AvgIpc) is 3.36. The van der Waals surface area contributed by atoms with Gasteiger partial charge >= 0.3 is 0 Å². The number of hydrogen-bond donors (Lipinski definition) is 3. The standard InChI is InChI=1S/C24H26N4O3.2C2H6/c29-21(18-4-2-1-3-5-18)16-25-14-12-17-6-8-19(9-7-17)27-24(31)20-10-11-22-26-15-13-23(30)28(20)22;2*1-2/h1-9,13,15,20-21,25,29H,10-12,14,16H2,(H,27,31);2*1-2H3. The Balaban J connectivity index is 0.00000103. The van der Waals surface area contributed by atoms with Gasteiger partial charge in [0.05, 0.1) is 6.10 Å². The molecule has 188 valence electrons. The van der Waals surface area contributed by atoms with E-state index in [1.54, 1.807) is 0 Å².